The van der Waals surface area contributed by atoms with Crippen molar-refractivity contribution in [3.63, 3.8) is 0 Å². The lowest BCUT2D eigenvalue weighted by Crippen LogP contribution is -2.40. The van der Waals surface area contributed by atoms with E-state index >= 15 is 0 Å². The summed E-state index contributed by atoms with van der Waals surface area (Å²) in [5.41, 5.74) is 0. The van der Waals surface area contributed by atoms with E-state index in [4.69, 9.17) is 0 Å². The smallest absolute Gasteiger partial charge is 0.198 e. The lowest BCUT2D eigenvalue weighted by molar-refractivity contribution is 0.552. The van der Waals surface area contributed by atoms with Gasteiger partial charge in [-0.05, 0) is 86.6 Å². The van der Waals surface area contributed by atoms with Gasteiger partial charge >= 0.3 is 0 Å². The van der Waals surface area contributed by atoms with Crippen molar-refractivity contribution in [1.29, 1.82) is 0 Å². The van der Waals surface area contributed by atoms with E-state index in [1.54, 1.807) is 0 Å². The molecule has 236 valence electrons. The van der Waals surface area contributed by atoms with Gasteiger partial charge in [-0.1, -0.05) is 24.3 Å². The van der Waals surface area contributed by atoms with E-state index in [2.05, 4.69) is 0 Å². The normalized spacial score (nSPS) is 12.7. The maximum absolute atomic E-state index is 13.3. The Labute approximate surface area is 252 Å². The number of rotatable bonds is 8. The second-order valence-electron chi connectivity index (χ2n) is 9.58. The fraction of sp³-hybridized carbons (Fsp3) is 0.143. The Morgan fingerprint density at radius 1 is 0.455 bits per heavy atom. The molecule has 0 fully saturated rings. The highest BCUT2D eigenvalue weighted by Gasteiger charge is 2.48. The molecular formula is C28H24F4O8S4. The fourth-order valence-corrected chi connectivity index (χ4v) is 11.4. The summed E-state index contributed by atoms with van der Waals surface area (Å²) in [6.07, 6.45) is 0. The molecule has 0 saturated heterocycles. The molecule has 0 aliphatic rings. The van der Waals surface area contributed by atoms with Gasteiger partial charge in [0.1, 0.15) is 23.3 Å². The van der Waals surface area contributed by atoms with Gasteiger partial charge in [-0.2, -0.15) is 0 Å². The number of benzene rings is 4. The highest BCUT2D eigenvalue weighted by Crippen LogP contribution is 2.35. The Kier molecular flexibility index (Phi) is 10.1. The van der Waals surface area contributed by atoms with Crippen LogP contribution in [-0.2, 0) is 39.3 Å². The Morgan fingerprint density at radius 2 is 0.705 bits per heavy atom. The van der Waals surface area contributed by atoms with E-state index in [1.807, 2.05) is 0 Å². The fourth-order valence-electron chi connectivity index (χ4n) is 3.64. The SMILES string of the molecule is CC(C)(S(=O)(=O)c1cccc(F)c1)S(=O)(=O)c1cccc(F)c1.O=S(=O)(CS(=O)(=O)c1cccc(F)c1)c1cccc(F)c1. The maximum Gasteiger partial charge on any atom is 0.198 e. The number of halogens is 4. The zero-order chi connectivity index (χ0) is 33.1. The van der Waals surface area contributed by atoms with Crippen molar-refractivity contribution in [3.05, 3.63) is 120 Å². The number of hydrogen-bond donors (Lipinski definition) is 0. The van der Waals surface area contributed by atoms with Gasteiger partial charge in [0.25, 0.3) is 0 Å². The topological polar surface area (TPSA) is 137 Å². The monoisotopic (exact) mass is 692 g/mol. The molecule has 0 spiro atoms. The van der Waals surface area contributed by atoms with Crippen molar-refractivity contribution in [1.82, 2.24) is 0 Å². The summed E-state index contributed by atoms with van der Waals surface area (Å²) in [4.78, 5) is -1.80. The molecule has 4 rings (SSSR count). The van der Waals surface area contributed by atoms with Crippen molar-refractivity contribution in [2.24, 2.45) is 0 Å². The van der Waals surface area contributed by atoms with Crippen LogP contribution in [0.1, 0.15) is 13.8 Å². The van der Waals surface area contributed by atoms with E-state index < -0.39 is 91.4 Å². The second kappa shape index (κ2) is 12.8. The molecule has 4 aromatic rings. The van der Waals surface area contributed by atoms with Gasteiger partial charge < -0.3 is 0 Å². The first kappa shape index (κ1) is 34.9. The first-order chi connectivity index (χ1) is 20.2. The minimum atomic E-state index is -4.43. The van der Waals surface area contributed by atoms with Crippen LogP contribution in [0.25, 0.3) is 0 Å². The van der Waals surface area contributed by atoms with Gasteiger partial charge in [-0.15, -0.1) is 0 Å². The molecule has 0 heterocycles. The molecule has 0 atom stereocenters. The van der Waals surface area contributed by atoms with Gasteiger partial charge in [-0.25, -0.2) is 51.2 Å². The summed E-state index contributed by atoms with van der Waals surface area (Å²) in [6.45, 7) is 1.99. The molecule has 0 aliphatic carbocycles. The van der Waals surface area contributed by atoms with Crippen LogP contribution in [0.2, 0.25) is 0 Å². The van der Waals surface area contributed by atoms with E-state index in [0.29, 0.717) is 0 Å². The van der Waals surface area contributed by atoms with Crippen LogP contribution in [0, 0.1) is 23.3 Å². The van der Waals surface area contributed by atoms with Crippen LogP contribution in [0.3, 0.4) is 0 Å². The third-order valence-electron chi connectivity index (χ3n) is 6.13. The number of sulfone groups is 4. The Bertz CT molecular complexity index is 1980. The van der Waals surface area contributed by atoms with Crippen molar-refractivity contribution in [2.45, 2.75) is 37.5 Å². The van der Waals surface area contributed by atoms with Crippen LogP contribution in [0.4, 0.5) is 17.6 Å². The summed E-state index contributed by atoms with van der Waals surface area (Å²) in [5, 5.41) is -1.26. The van der Waals surface area contributed by atoms with Crippen LogP contribution < -0.4 is 0 Å². The van der Waals surface area contributed by atoms with Gasteiger partial charge in [0.2, 0.25) is 0 Å². The van der Waals surface area contributed by atoms with Gasteiger partial charge in [-0.3, -0.25) is 0 Å². The first-order valence-corrected chi connectivity index (χ1v) is 18.4. The zero-order valence-corrected chi connectivity index (χ0v) is 26.1. The number of hydrogen-bond acceptors (Lipinski definition) is 8. The highest BCUT2D eigenvalue weighted by atomic mass is 32.3. The summed E-state index contributed by atoms with van der Waals surface area (Å²) in [6, 6.07) is 16.2. The molecule has 0 radical (unpaired) electrons. The van der Waals surface area contributed by atoms with Gasteiger partial charge in [0, 0.05) is 0 Å². The lowest BCUT2D eigenvalue weighted by Gasteiger charge is -2.25. The first-order valence-electron chi connectivity index (χ1n) is 12.2. The third-order valence-corrected chi connectivity index (χ3v) is 16.2. The van der Waals surface area contributed by atoms with E-state index in [9.17, 15) is 51.2 Å². The van der Waals surface area contributed by atoms with Crippen LogP contribution in [0.15, 0.2) is 117 Å². The van der Waals surface area contributed by atoms with Crippen molar-refractivity contribution in [2.75, 3.05) is 5.08 Å². The molecule has 0 unspecified atom stereocenters. The van der Waals surface area contributed by atoms with Crippen molar-refractivity contribution in [3.8, 4) is 0 Å². The largest absolute Gasteiger partial charge is 0.223 e. The summed E-state index contributed by atoms with van der Waals surface area (Å²) in [7, 11) is -17.4. The summed E-state index contributed by atoms with van der Waals surface area (Å²) in [5.74, 6) is -3.19. The molecule has 16 heteroatoms. The molecular weight excluding hydrogens is 669 g/mol. The average molecular weight is 693 g/mol. The molecule has 0 saturated carbocycles. The maximum atomic E-state index is 13.3. The average Bonchev–Trinajstić information content (AvgIpc) is 2.93. The molecule has 44 heavy (non-hydrogen) atoms. The van der Waals surface area contributed by atoms with E-state index in [1.165, 1.54) is 12.1 Å². The van der Waals surface area contributed by atoms with Gasteiger partial charge in [0.15, 0.2) is 48.5 Å². The van der Waals surface area contributed by atoms with E-state index in [0.717, 1.165) is 98.8 Å². The molecule has 0 N–H and O–H groups in total. The van der Waals surface area contributed by atoms with Crippen LogP contribution in [0.5, 0.6) is 0 Å². The Hall–Kier alpha value is -3.60. The predicted molar refractivity (Wildman–Crippen MR) is 153 cm³/mol. The molecule has 0 aromatic heterocycles. The Morgan fingerprint density at radius 3 is 0.977 bits per heavy atom. The van der Waals surface area contributed by atoms with Crippen LogP contribution in [-0.4, -0.2) is 42.8 Å². The quantitative estimate of drug-likeness (QED) is 0.232. The molecule has 0 aliphatic heterocycles. The van der Waals surface area contributed by atoms with Gasteiger partial charge in [0.05, 0.1) is 19.6 Å². The standard InChI is InChI=1S/C15H14F2O4S2.C13H10F2O4S2/c1-15(2,22(18,19)13-7-3-5-11(16)9-13)23(20,21)14-8-4-6-12(17)10-14;14-10-3-1-5-12(7-10)20(16,17)9-21(18,19)13-6-2-4-11(15)8-13/h3-10H,1-2H3;1-8H,9H2. The molecule has 8 nitrogen and oxygen atoms in total. The lowest BCUT2D eigenvalue weighted by atomic mass is 10.3. The zero-order valence-electron chi connectivity index (χ0n) is 22.9. The third kappa shape index (κ3) is 7.54. The highest BCUT2D eigenvalue weighted by molar-refractivity contribution is 8.10. The van der Waals surface area contributed by atoms with Crippen LogP contribution >= 0.6 is 0 Å². The molecule has 4 aromatic carbocycles. The van der Waals surface area contributed by atoms with E-state index in [-0.39, 0.29) is 0 Å². The summed E-state index contributed by atoms with van der Waals surface area (Å²) < 4.78 is 149. The van der Waals surface area contributed by atoms with Crippen molar-refractivity contribution < 1.29 is 51.2 Å². The second-order valence-corrected chi connectivity index (χ2v) is 19.2. The predicted octanol–water partition coefficient (Wildman–Crippen LogP) is 5.12. The Balaban J connectivity index is 0.000000241. The minimum Gasteiger partial charge on any atom is -0.223 e. The van der Waals surface area contributed by atoms with Crippen molar-refractivity contribution >= 4 is 39.3 Å². The molecule has 0 bridgehead atoms. The molecule has 0 amide bonds. The summed E-state index contributed by atoms with van der Waals surface area (Å²) >= 11 is 0. The minimum absolute atomic E-state index is 0.442.